The van der Waals surface area contributed by atoms with Crippen molar-refractivity contribution < 1.29 is 0 Å². The Balaban J connectivity index is 2.09. The third-order valence-corrected chi connectivity index (χ3v) is 3.83. The third kappa shape index (κ3) is 1.76. The SMILES string of the molecule is Cc1nc(CC2(C)CNC2)sc1C. The lowest BCUT2D eigenvalue weighted by Gasteiger charge is -2.38. The van der Waals surface area contributed by atoms with E-state index in [4.69, 9.17) is 0 Å². The van der Waals surface area contributed by atoms with Crippen LogP contribution in [0, 0.1) is 19.3 Å². The first-order chi connectivity index (χ1) is 6.09. The Morgan fingerprint density at radius 1 is 1.46 bits per heavy atom. The largest absolute Gasteiger partial charge is 0.316 e. The van der Waals surface area contributed by atoms with Crippen molar-refractivity contribution in [2.75, 3.05) is 13.1 Å². The smallest absolute Gasteiger partial charge is 0.0937 e. The normalized spacial score (nSPS) is 19.9. The molecule has 3 heteroatoms. The van der Waals surface area contributed by atoms with Gasteiger partial charge in [0.2, 0.25) is 0 Å². The lowest BCUT2D eigenvalue weighted by atomic mass is 9.81. The minimum absolute atomic E-state index is 0.469. The lowest BCUT2D eigenvalue weighted by molar-refractivity contribution is 0.195. The van der Waals surface area contributed by atoms with Crippen LogP contribution in [-0.4, -0.2) is 18.1 Å². The van der Waals surface area contributed by atoms with E-state index in [1.165, 1.54) is 15.6 Å². The van der Waals surface area contributed by atoms with Crippen molar-refractivity contribution in [1.29, 1.82) is 0 Å². The van der Waals surface area contributed by atoms with Crippen LogP contribution in [0.15, 0.2) is 0 Å². The van der Waals surface area contributed by atoms with Gasteiger partial charge in [-0.1, -0.05) is 6.92 Å². The highest BCUT2D eigenvalue weighted by molar-refractivity contribution is 7.11. The molecule has 2 rings (SSSR count). The molecule has 0 aromatic carbocycles. The standard InChI is InChI=1S/C10H16N2S/c1-7-8(2)13-9(12-7)4-10(3)5-11-6-10/h11H,4-6H2,1-3H3. The molecule has 72 valence electrons. The maximum Gasteiger partial charge on any atom is 0.0937 e. The Morgan fingerprint density at radius 3 is 2.54 bits per heavy atom. The minimum Gasteiger partial charge on any atom is -0.316 e. The molecule has 1 fully saturated rings. The van der Waals surface area contributed by atoms with Crippen LogP contribution in [0.25, 0.3) is 0 Å². The molecule has 2 heterocycles. The molecule has 0 aliphatic carbocycles. The van der Waals surface area contributed by atoms with E-state index in [0.717, 1.165) is 19.5 Å². The highest BCUT2D eigenvalue weighted by Crippen LogP contribution is 2.29. The molecule has 1 aromatic rings. The zero-order chi connectivity index (χ0) is 9.47. The van der Waals surface area contributed by atoms with Crippen molar-refractivity contribution in [3.8, 4) is 0 Å². The number of aromatic nitrogens is 1. The van der Waals surface area contributed by atoms with Gasteiger partial charge in [-0.05, 0) is 19.3 Å². The molecular weight excluding hydrogens is 180 g/mol. The zero-order valence-corrected chi connectivity index (χ0v) is 9.29. The van der Waals surface area contributed by atoms with Gasteiger partial charge in [0.05, 0.1) is 10.7 Å². The lowest BCUT2D eigenvalue weighted by Crippen LogP contribution is -2.52. The van der Waals surface area contributed by atoms with Gasteiger partial charge in [0.15, 0.2) is 0 Å². The second kappa shape index (κ2) is 3.07. The first kappa shape index (κ1) is 9.16. The molecule has 0 radical (unpaired) electrons. The monoisotopic (exact) mass is 196 g/mol. The molecule has 2 nitrogen and oxygen atoms in total. The van der Waals surface area contributed by atoms with E-state index >= 15 is 0 Å². The topological polar surface area (TPSA) is 24.9 Å². The van der Waals surface area contributed by atoms with Crippen molar-refractivity contribution >= 4 is 11.3 Å². The maximum absolute atomic E-state index is 4.57. The van der Waals surface area contributed by atoms with Crippen LogP contribution in [-0.2, 0) is 6.42 Å². The van der Waals surface area contributed by atoms with Crippen molar-refractivity contribution in [3.63, 3.8) is 0 Å². The molecule has 1 N–H and O–H groups in total. The van der Waals surface area contributed by atoms with Gasteiger partial charge in [-0.2, -0.15) is 0 Å². The van der Waals surface area contributed by atoms with Crippen molar-refractivity contribution in [1.82, 2.24) is 10.3 Å². The average Bonchev–Trinajstić information content (AvgIpc) is 2.28. The zero-order valence-electron chi connectivity index (χ0n) is 8.48. The van der Waals surface area contributed by atoms with Gasteiger partial charge < -0.3 is 5.32 Å². The number of rotatable bonds is 2. The number of aryl methyl sites for hydroxylation is 2. The van der Waals surface area contributed by atoms with Crippen LogP contribution in [0.1, 0.15) is 22.5 Å². The van der Waals surface area contributed by atoms with Gasteiger partial charge in [0.1, 0.15) is 0 Å². The Bertz CT molecular complexity index is 293. The molecule has 0 atom stereocenters. The van der Waals surface area contributed by atoms with Crippen molar-refractivity contribution in [2.45, 2.75) is 27.2 Å². The number of nitrogens with one attached hydrogen (secondary N) is 1. The van der Waals surface area contributed by atoms with E-state index in [-0.39, 0.29) is 0 Å². The molecule has 0 saturated carbocycles. The third-order valence-electron chi connectivity index (χ3n) is 2.75. The second-order valence-electron chi connectivity index (χ2n) is 4.34. The van der Waals surface area contributed by atoms with Gasteiger partial charge in [0.25, 0.3) is 0 Å². The number of hydrogen-bond donors (Lipinski definition) is 1. The molecular formula is C10H16N2S. The Hall–Kier alpha value is -0.410. The Morgan fingerprint density at radius 2 is 2.15 bits per heavy atom. The number of hydrogen-bond acceptors (Lipinski definition) is 3. The summed E-state index contributed by atoms with van der Waals surface area (Å²) < 4.78 is 0. The Labute approximate surface area is 83.4 Å². The van der Waals surface area contributed by atoms with E-state index in [1.54, 1.807) is 0 Å². The highest BCUT2D eigenvalue weighted by Gasteiger charge is 2.32. The molecule has 0 spiro atoms. The molecule has 13 heavy (non-hydrogen) atoms. The van der Waals surface area contributed by atoms with E-state index in [0.29, 0.717) is 5.41 Å². The predicted molar refractivity (Wildman–Crippen MR) is 56.3 cm³/mol. The summed E-state index contributed by atoms with van der Waals surface area (Å²) in [5.74, 6) is 0. The summed E-state index contributed by atoms with van der Waals surface area (Å²) in [7, 11) is 0. The summed E-state index contributed by atoms with van der Waals surface area (Å²) in [5, 5.41) is 4.62. The summed E-state index contributed by atoms with van der Waals surface area (Å²) in [6.07, 6.45) is 1.14. The average molecular weight is 196 g/mol. The van der Waals surface area contributed by atoms with Gasteiger partial charge in [0, 0.05) is 24.4 Å². The summed E-state index contributed by atoms with van der Waals surface area (Å²) in [4.78, 5) is 5.93. The van der Waals surface area contributed by atoms with Gasteiger partial charge in [-0.25, -0.2) is 4.98 Å². The first-order valence-electron chi connectivity index (χ1n) is 4.73. The van der Waals surface area contributed by atoms with Gasteiger partial charge in [-0.15, -0.1) is 11.3 Å². The van der Waals surface area contributed by atoms with Crippen LogP contribution in [0.5, 0.6) is 0 Å². The number of nitrogens with zero attached hydrogens (tertiary/aromatic N) is 1. The van der Waals surface area contributed by atoms with Gasteiger partial charge >= 0.3 is 0 Å². The van der Waals surface area contributed by atoms with Crippen molar-refractivity contribution in [3.05, 3.63) is 15.6 Å². The highest BCUT2D eigenvalue weighted by atomic mass is 32.1. The van der Waals surface area contributed by atoms with E-state index in [2.05, 4.69) is 31.1 Å². The summed E-state index contributed by atoms with van der Waals surface area (Å²) in [6, 6.07) is 0. The van der Waals surface area contributed by atoms with Crippen LogP contribution in [0.4, 0.5) is 0 Å². The molecule has 0 bridgehead atoms. The molecule has 1 aromatic heterocycles. The first-order valence-corrected chi connectivity index (χ1v) is 5.54. The van der Waals surface area contributed by atoms with Crippen LogP contribution < -0.4 is 5.32 Å². The van der Waals surface area contributed by atoms with E-state index in [9.17, 15) is 0 Å². The van der Waals surface area contributed by atoms with Gasteiger partial charge in [-0.3, -0.25) is 0 Å². The Kier molecular flexibility index (Phi) is 2.16. The molecule has 0 unspecified atom stereocenters. The molecule has 1 aliphatic rings. The summed E-state index contributed by atoms with van der Waals surface area (Å²) in [6.45, 7) is 8.86. The van der Waals surface area contributed by atoms with Crippen molar-refractivity contribution in [2.24, 2.45) is 5.41 Å². The second-order valence-corrected chi connectivity index (χ2v) is 5.63. The maximum atomic E-state index is 4.57. The molecule has 1 saturated heterocycles. The van der Waals surface area contributed by atoms with Crippen LogP contribution >= 0.6 is 11.3 Å². The fourth-order valence-electron chi connectivity index (χ4n) is 1.66. The van der Waals surface area contributed by atoms with Crippen LogP contribution in [0.3, 0.4) is 0 Å². The molecule has 1 aliphatic heterocycles. The van der Waals surface area contributed by atoms with Crippen LogP contribution in [0.2, 0.25) is 0 Å². The predicted octanol–water partition coefficient (Wildman–Crippen LogP) is 1.91. The van der Waals surface area contributed by atoms with E-state index in [1.807, 2.05) is 11.3 Å². The number of thiazole rings is 1. The minimum atomic E-state index is 0.469. The molecule has 0 amide bonds. The summed E-state index contributed by atoms with van der Waals surface area (Å²) in [5.41, 5.74) is 1.67. The van der Waals surface area contributed by atoms with E-state index < -0.39 is 0 Å². The fraction of sp³-hybridized carbons (Fsp3) is 0.700. The fourth-order valence-corrected chi connectivity index (χ4v) is 2.81. The summed E-state index contributed by atoms with van der Waals surface area (Å²) >= 11 is 1.85. The quantitative estimate of drug-likeness (QED) is 0.781.